The fourth-order valence-corrected chi connectivity index (χ4v) is 1.77. The summed E-state index contributed by atoms with van der Waals surface area (Å²) < 4.78 is 30.1. The van der Waals surface area contributed by atoms with Crippen LogP contribution in [0.15, 0.2) is 30.5 Å². The first-order valence-electron chi connectivity index (χ1n) is 5.87. The van der Waals surface area contributed by atoms with Crippen molar-refractivity contribution in [2.45, 2.75) is 20.1 Å². The van der Waals surface area contributed by atoms with Crippen LogP contribution in [0.3, 0.4) is 0 Å². The lowest BCUT2D eigenvalue weighted by atomic mass is 10.1. The number of aromatic carboxylic acids is 1. The molecule has 20 heavy (non-hydrogen) atoms. The van der Waals surface area contributed by atoms with E-state index >= 15 is 0 Å². The fraction of sp³-hybridized carbons (Fsp3) is 0.231. The van der Waals surface area contributed by atoms with Crippen LogP contribution < -0.4 is 4.74 Å². The summed E-state index contributed by atoms with van der Waals surface area (Å²) in [6, 6.07) is 5.80. The summed E-state index contributed by atoms with van der Waals surface area (Å²) in [5.74, 6) is -1.17. The SMILES string of the molecule is CCn1cc(C(=O)O)c(-c2cccc(OC(F)F)c2)n1. The monoisotopic (exact) mass is 282 g/mol. The van der Waals surface area contributed by atoms with Gasteiger partial charge in [-0.3, -0.25) is 4.68 Å². The standard InChI is InChI=1S/C13H12F2N2O3/c1-2-17-7-10(12(18)19)11(16-17)8-4-3-5-9(6-8)20-13(14)15/h3-7,13H,2H2,1H3,(H,18,19). The number of rotatable bonds is 5. The Bertz CT molecular complexity index is 626. The van der Waals surface area contributed by atoms with Crippen molar-refractivity contribution in [1.82, 2.24) is 9.78 Å². The molecule has 5 nitrogen and oxygen atoms in total. The van der Waals surface area contributed by atoms with Crippen LogP contribution in [0.25, 0.3) is 11.3 Å². The molecular weight excluding hydrogens is 270 g/mol. The minimum Gasteiger partial charge on any atom is -0.478 e. The molecule has 0 spiro atoms. The van der Waals surface area contributed by atoms with E-state index in [1.165, 1.54) is 29.1 Å². The third-order valence-electron chi connectivity index (χ3n) is 2.65. The molecule has 0 aliphatic heterocycles. The number of benzene rings is 1. The van der Waals surface area contributed by atoms with E-state index in [1.54, 1.807) is 6.07 Å². The van der Waals surface area contributed by atoms with Gasteiger partial charge in [0.05, 0.1) is 0 Å². The maximum Gasteiger partial charge on any atom is 0.387 e. The number of aryl methyl sites for hydroxylation is 1. The van der Waals surface area contributed by atoms with Crippen LogP contribution in [0.4, 0.5) is 8.78 Å². The van der Waals surface area contributed by atoms with Crippen LogP contribution in [0.5, 0.6) is 5.75 Å². The zero-order valence-electron chi connectivity index (χ0n) is 10.6. The first-order chi connectivity index (χ1) is 9.51. The number of carboxylic acid groups (broad SMARTS) is 1. The fourth-order valence-electron chi connectivity index (χ4n) is 1.77. The van der Waals surface area contributed by atoms with Crippen molar-refractivity contribution in [3.63, 3.8) is 0 Å². The van der Waals surface area contributed by atoms with E-state index in [-0.39, 0.29) is 17.0 Å². The zero-order valence-corrected chi connectivity index (χ0v) is 10.6. The maximum atomic E-state index is 12.2. The maximum absolute atomic E-state index is 12.2. The molecule has 0 aliphatic rings. The molecule has 2 rings (SSSR count). The molecule has 0 radical (unpaired) electrons. The molecule has 0 amide bonds. The molecule has 0 atom stereocenters. The molecule has 106 valence electrons. The van der Waals surface area contributed by atoms with Gasteiger partial charge in [0, 0.05) is 18.3 Å². The highest BCUT2D eigenvalue weighted by atomic mass is 19.3. The van der Waals surface area contributed by atoms with Crippen LogP contribution in [-0.4, -0.2) is 27.5 Å². The number of carbonyl (C=O) groups is 1. The van der Waals surface area contributed by atoms with Gasteiger partial charge in [0.2, 0.25) is 0 Å². The van der Waals surface area contributed by atoms with Crippen molar-refractivity contribution in [2.24, 2.45) is 0 Å². The summed E-state index contributed by atoms with van der Waals surface area (Å²) in [5.41, 5.74) is 0.646. The quantitative estimate of drug-likeness (QED) is 0.915. The topological polar surface area (TPSA) is 64.4 Å². The number of halogens is 2. The Morgan fingerprint density at radius 1 is 1.50 bits per heavy atom. The van der Waals surface area contributed by atoms with Gasteiger partial charge in [-0.1, -0.05) is 12.1 Å². The minimum absolute atomic E-state index is 0.0149. The number of hydrogen-bond donors (Lipinski definition) is 1. The van der Waals surface area contributed by atoms with Crippen LogP contribution in [0, 0.1) is 0 Å². The van der Waals surface area contributed by atoms with Crippen molar-refractivity contribution in [3.8, 4) is 17.0 Å². The number of nitrogens with zero attached hydrogens (tertiary/aromatic N) is 2. The lowest BCUT2D eigenvalue weighted by Gasteiger charge is -2.06. The van der Waals surface area contributed by atoms with Crippen LogP contribution in [-0.2, 0) is 6.54 Å². The molecule has 0 aliphatic carbocycles. The van der Waals surface area contributed by atoms with E-state index in [9.17, 15) is 13.6 Å². The molecule has 0 saturated heterocycles. The number of carboxylic acids is 1. The number of hydrogen-bond acceptors (Lipinski definition) is 3. The summed E-state index contributed by atoms with van der Waals surface area (Å²) in [6.45, 7) is -0.607. The van der Waals surface area contributed by atoms with E-state index in [0.717, 1.165) is 0 Å². The third-order valence-corrected chi connectivity index (χ3v) is 2.65. The Morgan fingerprint density at radius 3 is 2.85 bits per heavy atom. The van der Waals surface area contributed by atoms with Crippen molar-refractivity contribution in [1.29, 1.82) is 0 Å². The molecule has 0 unspecified atom stereocenters. The average molecular weight is 282 g/mol. The number of alkyl halides is 2. The van der Waals surface area contributed by atoms with Gasteiger partial charge in [-0.25, -0.2) is 4.79 Å². The largest absolute Gasteiger partial charge is 0.478 e. The Morgan fingerprint density at radius 2 is 2.25 bits per heavy atom. The molecule has 1 aromatic heterocycles. The highest BCUT2D eigenvalue weighted by Crippen LogP contribution is 2.26. The summed E-state index contributed by atoms with van der Waals surface area (Å²) in [6.07, 6.45) is 1.40. The lowest BCUT2D eigenvalue weighted by Crippen LogP contribution is -2.02. The lowest BCUT2D eigenvalue weighted by molar-refractivity contribution is -0.0498. The molecule has 1 heterocycles. The molecule has 7 heteroatoms. The van der Waals surface area contributed by atoms with Crippen LogP contribution in [0.1, 0.15) is 17.3 Å². The Balaban J connectivity index is 2.45. The second-order valence-corrected chi connectivity index (χ2v) is 3.96. The summed E-state index contributed by atoms with van der Waals surface area (Å²) >= 11 is 0. The first-order valence-corrected chi connectivity index (χ1v) is 5.87. The van der Waals surface area contributed by atoms with E-state index in [4.69, 9.17) is 5.11 Å². The predicted octanol–water partition coefficient (Wildman–Crippen LogP) is 2.87. The zero-order chi connectivity index (χ0) is 14.7. The molecule has 0 fully saturated rings. The van der Waals surface area contributed by atoms with E-state index in [0.29, 0.717) is 12.1 Å². The molecule has 1 N–H and O–H groups in total. The van der Waals surface area contributed by atoms with Gasteiger partial charge < -0.3 is 9.84 Å². The Labute approximate surface area is 113 Å². The van der Waals surface area contributed by atoms with E-state index in [1.807, 2.05) is 6.92 Å². The first kappa shape index (κ1) is 14.0. The Hall–Kier alpha value is -2.44. The van der Waals surface area contributed by atoms with Gasteiger partial charge >= 0.3 is 12.6 Å². The Kier molecular flexibility index (Phi) is 3.97. The van der Waals surface area contributed by atoms with Gasteiger partial charge in [-0.2, -0.15) is 13.9 Å². The predicted molar refractivity (Wildman–Crippen MR) is 66.9 cm³/mol. The smallest absolute Gasteiger partial charge is 0.387 e. The van der Waals surface area contributed by atoms with Gasteiger partial charge in [0.25, 0.3) is 0 Å². The number of aromatic nitrogens is 2. The van der Waals surface area contributed by atoms with E-state index < -0.39 is 12.6 Å². The highest BCUT2D eigenvalue weighted by Gasteiger charge is 2.17. The van der Waals surface area contributed by atoms with E-state index in [2.05, 4.69) is 9.84 Å². The van der Waals surface area contributed by atoms with Crippen molar-refractivity contribution in [3.05, 3.63) is 36.0 Å². The highest BCUT2D eigenvalue weighted by molar-refractivity contribution is 5.94. The van der Waals surface area contributed by atoms with Crippen molar-refractivity contribution >= 4 is 5.97 Å². The summed E-state index contributed by atoms with van der Waals surface area (Å²) in [4.78, 5) is 11.2. The van der Waals surface area contributed by atoms with Crippen molar-refractivity contribution in [2.75, 3.05) is 0 Å². The third kappa shape index (κ3) is 2.93. The molecule has 0 saturated carbocycles. The van der Waals surface area contributed by atoms with Crippen LogP contribution >= 0.6 is 0 Å². The normalized spacial score (nSPS) is 10.8. The summed E-state index contributed by atoms with van der Waals surface area (Å²) in [5, 5.41) is 13.3. The molecule has 0 bridgehead atoms. The second kappa shape index (κ2) is 5.68. The van der Waals surface area contributed by atoms with Crippen LogP contribution in [0.2, 0.25) is 0 Å². The molecular formula is C13H12F2N2O3. The van der Waals surface area contributed by atoms with Crippen molar-refractivity contribution < 1.29 is 23.4 Å². The molecule has 1 aromatic carbocycles. The average Bonchev–Trinajstić information content (AvgIpc) is 2.82. The van der Waals surface area contributed by atoms with Gasteiger partial charge in [-0.15, -0.1) is 0 Å². The van der Waals surface area contributed by atoms with Gasteiger partial charge in [-0.05, 0) is 19.1 Å². The second-order valence-electron chi connectivity index (χ2n) is 3.96. The summed E-state index contributed by atoms with van der Waals surface area (Å²) in [7, 11) is 0. The van der Waals surface area contributed by atoms with Gasteiger partial charge in [0.1, 0.15) is 17.0 Å². The minimum atomic E-state index is -2.93. The van der Waals surface area contributed by atoms with Gasteiger partial charge in [0.15, 0.2) is 0 Å². The molecule has 2 aromatic rings. The number of ether oxygens (including phenoxy) is 1.